The van der Waals surface area contributed by atoms with E-state index >= 15 is 0 Å². The Labute approximate surface area is 159 Å². The topological polar surface area (TPSA) is 32.3 Å². The molecule has 1 aliphatic heterocycles. The Bertz CT molecular complexity index is 822. The van der Waals surface area contributed by atoms with Crippen LogP contribution in [0.15, 0.2) is 30.3 Å². The van der Waals surface area contributed by atoms with E-state index in [9.17, 15) is 26.7 Å². The molecule has 0 aromatic heterocycles. The average molecular weight is 398 g/mol. The van der Waals surface area contributed by atoms with E-state index in [2.05, 4.69) is 10.2 Å². The third-order valence-corrected chi connectivity index (χ3v) is 4.84. The molecule has 0 aliphatic carbocycles. The van der Waals surface area contributed by atoms with Gasteiger partial charge in [0.25, 0.3) is 0 Å². The number of rotatable bonds is 5. The highest BCUT2D eigenvalue weighted by molar-refractivity contribution is 5.79. The van der Waals surface area contributed by atoms with E-state index in [1.54, 1.807) is 0 Å². The number of halogens is 5. The van der Waals surface area contributed by atoms with Crippen molar-refractivity contribution in [2.45, 2.75) is 31.8 Å². The summed E-state index contributed by atoms with van der Waals surface area (Å²) in [6.07, 6.45) is 0.362. The van der Waals surface area contributed by atoms with Gasteiger partial charge in [0.15, 0.2) is 23.3 Å². The highest BCUT2D eigenvalue weighted by Gasteiger charge is 2.28. The quantitative estimate of drug-likeness (QED) is 0.473. The van der Waals surface area contributed by atoms with Crippen LogP contribution in [-0.2, 0) is 17.8 Å². The zero-order valence-electron chi connectivity index (χ0n) is 15.0. The molecule has 0 unspecified atom stereocenters. The minimum atomic E-state index is -2.23. The van der Waals surface area contributed by atoms with Crippen molar-refractivity contribution in [3.05, 3.63) is 70.5 Å². The molecule has 1 aliphatic rings. The lowest BCUT2D eigenvalue weighted by molar-refractivity contribution is -0.121. The predicted octanol–water partition coefficient (Wildman–Crippen LogP) is 3.71. The van der Waals surface area contributed by atoms with Gasteiger partial charge < -0.3 is 5.32 Å². The Morgan fingerprint density at radius 1 is 0.893 bits per heavy atom. The van der Waals surface area contributed by atoms with Crippen molar-refractivity contribution in [2.24, 2.45) is 0 Å². The number of amides is 1. The normalized spacial score (nSPS) is 15.6. The van der Waals surface area contributed by atoms with Crippen molar-refractivity contribution in [3.8, 4) is 0 Å². The third-order valence-electron chi connectivity index (χ3n) is 4.84. The minimum Gasteiger partial charge on any atom is -0.353 e. The molecule has 0 spiro atoms. The van der Waals surface area contributed by atoms with E-state index in [-0.39, 0.29) is 6.04 Å². The van der Waals surface area contributed by atoms with Crippen molar-refractivity contribution >= 4 is 5.91 Å². The van der Waals surface area contributed by atoms with Gasteiger partial charge in [0.2, 0.25) is 11.7 Å². The van der Waals surface area contributed by atoms with Crippen molar-refractivity contribution in [3.63, 3.8) is 0 Å². The van der Waals surface area contributed by atoms with Crippen LogP contribution in [-0.4, -0.2) is 29.9 Å². The minimum absolute atomic E-state index is 0.208. The van der Waals surface area contributed by atoms with Crippen molar-refractivity contribution < 1.29 is 26.7 Å². The number of hydrogen-bond acceptors (Lipinski definition) is 2. The molecule has 1 saturated heterocycles. The molecular formula is C20H19F5N2O. The van der Waals surface area contributed by atoms with Gasteiger partial charge in [0, 0.05) is 31.2 Å². The summed E-state index contributed by atoms with van der Waals surface area (Å²) in [5.74, 6) is -11.0. The number of carbonyl (C=O) groups excluding carboxylic acids is 1. The molecule has 1 N–H and O–H groups in total. The fourth-order valence-corrected chi connectivity index (χ4v) is 3.32. The largest absolute Gasteiger partial charge is 0.353 e. The molecule has 0 saturated carbocycles. The van der Waals surface area contributed by atoms with Crippen molar-refractivity contribution in [2.75, 3.05) is 13.1 Å². The molecule has 0 bridgehead atoms. The predicted molar refractivity (Wildman–Crippen MR) is 92.8 cm³/mol. The maximum atomic E-state index is 13.7. The molecule has 1 heterocycles. The lowest BCUT2D eigenvalue weighted by atomic mass is 10.0. The van der Waals surface area contributed by atoms with E-state index in [0.717, 1.165) is 19.6 Å². The van der Waals surface area contributed by atoms with Crippen LogP contribution in [0.4, 0.5) is 22.0 Å². The van der Waals surface area contributed by atoms with Crippen molar-refractivity contribution in [1.82, 2.24) is 10.2 Å². The van der Waals surface area contributed by atoms with Crippen LogP contribution in [0.3, 0.4) is 0 Å². The van der Waals surface area contributed by atoms with Crippen LogP contribution in [0, 0.1) is 29.1 Å². The van der Waals surface area contributed by atoms with Gasteiger partial charge in [-0.05, 0) is 18.4 Å². The Hall–Kier alpha value is -2.48. The van der Waals surface area contributed by atoms with Crippen LogP contribution in [0.5, 0.6) is 0 Å². The summed E-state index contributed by atoms with van der Waals surface area (Å²) >= 11 is 0. The molecule has 1 fully saturated rings. The molecule has 1 amide bonds. The van der Waals surface area contributed by atoms with Gasteiger partial charge in [-0.1, -0.05) is 30.3 Å². The first-order valence-corrected chi connectivity index (χ1v) is 8.92. The molecule has 150 valence electrons. The molecule has 28 heavy (non-hydrogen) atoms. The monoisotopic (exact) mass is 398 g/mol. The Morgan fingerprint density at radius 2 is 1.43 bits per heavy atom. The van der Waals surface area contributed by atoms with Crippen LogP contribution in [0.1, 0.15) is 24.0 Å². The fraction of sp³-hybridized carbons (Fsp3) is 0.350. The van der Waals surface area contributed by atoms with Crippen LogP contribution >= 0.6 is 0 Å². The number of likely N-dealkylation sites (tertiary alicyclic amines) is 1. The first-order chi connectivity index (χ1) is 13.4. The Balaban J connectivity index is 1.54. The number of carbonyl (C=O) groups is 1. The van der Waals surface area contributed by atoms with E-state index in [0.29, 0.717) is 12.8 Å². The fourth-order valence-electron chi connectivity index (χ4n) is 3.32. The smallest absolute Gasteiger partial charge is 0.224 e. The number of nitrogens with zero attached hydrogens (tertiary/aromatic N) is 1. The highest BCUT2D eigenvalue weighted by atomic mass is 19.2. The lowest BCUT2D eigenvalue weighted by Crippen LogP contribution is -2.44. The molecule has 2 aromatic carbocycles. The summed E-state index contributed by atoms with van der Waals surface area (Å²) in [6.45, 7) is 2.23. The zero-order chi connectivity index (χ0) is 20.3. The maximum absolute atomic E-state index is 13.7. The Morgan fingerprint density at radius 3 is 2.00 bits per heavy atom. The van der Waals surface area contributed by atoms with E-state index in [1.807, 2.05) is 30.3 Å². The van der Waals surface area contributed by atoms with Crippen molar-refractivity contribution in [1.29, 1.82) is 0 Å². The number of hydrogen-bond donors (Lipinski definition) is 1. The maximum Gasteiger partial charge on any atom is 0.224 e. The van der Waals surface area contributed by atoms with Crippen LogP contribution in [0.25, 0.3) is 0 Å². The molecule has 0 atom stereocenters. The van der Waals surface area contributed by atoms with Gasteiger partial charge in [0.05, 0.1) is 6.42 Å². The van der Waals surface area contributed by atoms with E-state index < -0.39 is 47.0 Å². The van der Waals surface area contributed by atoms with Gasteiger partial charge in [0.1, 0.15) is 0 Å². The number of piperidine rings is 1. The van der Waals surface area contributed by atoms with Gasteiger partial charge in [-0.15, -0.1) is 0 Å². The second-order valence-electron chi connectivity index (χ2n) is 6.83. The SMILES string of the molecule is O=C(Cc1c(F)c(F)c(F)c(F)c1F)NC1CCN(Cc2ccccc2)CC1. The molecule has 3 rings (SSSR count). The average Bonchev–Trinajstić information content (AvgIpc) is 2.70. The van der Waals surface area contributed by atoms with Gasteiger partial charge >= 0.3 is 0 Å². The molecular weight excluding hydrogens is 379 g/mol. The zero-order valence-corrected chi connectivity index (χ0v) is 15.0. The van der Waals surface area contributed by atoms with Gasteiger partial charge in [-0.25, -0.2) is 22.0 Å². The highest BCUT2D eigenvalue weighted by Crippen LogP contribution is 2.23. The van der Waals surface area contributed by atoms with Crippen LogP contribution in [0.2, 0.25) is 0 Å². The van der Waals surface area contributed by atoms with Gasteiger partial charge in [-0.3, -0.25) is 9.69 Å². The standard InChI is InChI=1S/C20H19F5N2O/c21-16-14(17(22)19(24)20(25)18(16)23)10-15(28)26-13-6-8-27(9-7-13)11-12-4-2-1-3-5-12/h1-5,13H,6-11H2,(H,26,28). The number of benzene rings is 2. The molecule has 8 heteroatoms. The summed E-state index contributed by atoms with van der Waals surface area (Å²) < 4.78 is 66.9. The lowest BCUT2D eigenvalue weighted by Gasteiger charge is -2.32. The molecule has 0 radical (unpaired) electrons. The van der Waals surface area contributed by atoms with Crippen LogP contribution < -0.4 is 5.32 Å². The summed E-state index contributed by atoms with van der Waals surface area (Å²) in [6, 6.07) is 9.70. The summed E-state index contributed by atoms with van der Waals surface area (Å²) in [5.41, 5.74) is 0.0618. The second kappa shape index (κ2) is 8.68. The number of nitrogens with one attached hydrogen (secondary N) is 1. The van der Waals surface area contributed by atoms with Gasteiger partial charge in [-0.2, -0.15) is 0 Å². The third kappa shape index (κ3) is 4.49. The molecule has 3 nitrogen and oxygen atoms in total. The summed E-state index contributed by atoms with van der Waals surface area (Å²) in [4.78, 5) is 14.3. The van der Waals surface area contributed by atoms with E-state index in [1.165, 1.54) is 5.56 Å². The Kier molecular flexibility index (Phi) is 6.28. The first-order valence-electron chi connectivity index (χ1n) is 8.92. The molecule has 2 aromatic rings. The summed E-state index contributed by atoms with van der Waals surface area (Å²) in [7, 11) is 0. The first kappa shape index (κ1) is 20.3. The second-order valence-corrected chi connectivity index (χ2v) is 6.83. The summed E-state index contributed by atoms with van der Waals surface area (Å²) in [5, 5.41) is 2.62. The van der Waals surface area contributed by atoms with E-state index in [4.69, 9.17) is 0 Å².